The van der Waals surface area contributed by atoms with Crippen molar-refractivity contribution in [3.63, 3.8) is 0 Å². The number of fused-ring (bicyclic) bond motifs is 1. The second-order valence-electron chi connectivity index (χ2n) is 3.04. The van der Waals surface area contributed by atoms with Gasteiger partial charge in [0.2, 0.25) is 0 Å². The first kappa shape index (κ1) is 7.81. The largest absolute Gasteiger partial charge is 0.149 e. The zero-order valence-corrected chi connectivity index (χ0v) is 8.75. The average Bonchev–Trinajstić information content (AvgIpc) is 2.50. The fourth-order valence-electron chi connectivity index (χ4n) is 1.74. The lowest BCUT2D eigenvalue weighted by atomic mass is 9.89. The Hall–Kier alpha value is 0.180. The Morgan fingerprint density at radius 2 is 2.55 bits per heavy atom. The Morgan fingerprint density at radius 1 is 1.64 bits per heavy atom. The lowest BCUT2D eigenvalue weighted by molar-refractivity contribution is 0.607. The topological polar surface area (TPSA) is 0 Å². The first-order chi connectivity index (χ1) is 5.42. The highest BCUT2D eigenvalue weighted by molar-refractivity contribution is 9.09. The molecule has 1 aliphatic rings. The van der Waals surface area contributed by atoms with Crippen LogP contribution in [0.25, 0.3) is 0 Å². The van der Waals surface area contributed by atoms with E-state index in [0.29, 0.717) is 0 Å². The molecular weight excluding hydrogens is 220 g/mol. The fourth-order valence-corrected chi connectivity index (χ4v) is 3.43. The maximum Gasteiger partial charge on any atom is 0.0101 e. The van der Waals surface area contributed by atoms with Crippen molar-refractivity contribution >= 4 is 27.3 Å². The van der Waals surface area contributed by atoms with Gasteiger partial charge in [0.25, 0.3) is 0 Å². The number of alkyl halides is 1. The summed E-state index contributed by atoms with van der Waals surface area (Å²) in [6, 6.07) is 2.30. The number of aryl methyl sites for hydroxylation is 1. The van der Waals surface area contributed by atoms with Crippen molar-refractivity contribution in [2.75, 3.05) is 5.33 Å². The summed E-state index contributed by atoms with van der Waals surface area (Å²) in [5.41, 5.74) is 1.61. The van der Waals surface area contributed by atoms with Gasteiger partial charge < -0.3 is 0 Å². The molecule has 0 saturated heterocycles. The third-order valence-corrected chi connectivity index (χ3v) is 4.14. The maximum atomic E-state index is 3.57. The van der Waals surface area contributed by atoms with Gasteiger partial charge in [0, 0.05) is 10.2 Å². The van der Waals surface area contributed by atoms with Gasteiger partial charge in [0.1, 0.15) is 0 Å². The van der Waals surface area contributed by atoms with Gasteiger partial charge in [-0.1, -0.05) is 15.9 Å². The minimum Gasteiger partial charge on any atom is -0.149 e. The van der Waals surface area contributed by atoms with Gasteiger partial charge in [-0.05, 0) is 42.2 Å². The Labute approximate surface area is 79.8 Å². The number of halogens is 1. The zero-order chi connectivity index (χ0) is 7.68. The number of hydrogen-bond donors (Lipinski definition) is 0. The van der Waals surface area contributed by atoms with Crippen LogP contribution in [0.5, 0.6) is 0 Å². The molecule has 0 aromatic carbocycles. The maximum absolute atomic E-state index is 3.57. The molecule has 0 fully saturated rings. The molecule has 1 aliphatic carbocycles. The van der Waals surface area contributed by atoms with E-state index in [1.807, 2.05) is 11.3 Å². The molecule has 0 amide bonds. The van der Waals surface area contributed by atoms with E-state index in [1.165, 1.54) is 19.3 Å². The fraction of sp³-hybridized carbons (Fsp3) is 0.556. The van der Waals surface area contributed by atoms with Gasteiger partial charge in [-0.25, -0.2) is 0 Å². The van der Waals surface area contributed by atoms with Gasteiger partial charge in [-0.2, -0.15) is 0 Å². The first-order valence-electron chi connectivity index (χ1n) is 4.04. The number of rotatable bonds is 1. The second-order valence-corrected chi connectivity index (χ2v) is 4.69. The van der Waals surface area contributed by atoms with Crippen molar-refractivity contribution in [2.45, 2.75) is 25.2 Å². The van der Waals surface area contributed by atoms with Crippen LogP contribution in [0.1, 0.15) is 29.2 Å². The van der Waals surface area contributed by atoms with Gasteiger partial charge >= 0.3 is 0 Å². The summed E-state index contributed by atoms with van der Waals surface area (Å²) in [7, 11) is 0. The molecule has 1 unspecified atom stereocenters. The summed E-state index contributed by atoms with van der Waals surface area (Å²) in [6.07, 6.45) is 4.06. The van der Waals surface area contributed by atoms with E-state index >= 15 is 0 Å². The highest BCUT2D eigenvalue weighted by Gasteiger charge is 2.19. The van der Waals surface area contributed by atoms with Gasteiger partial charge in [0.05, 0.1) is 0 Å². The molecular formula is C9H11BrS. The van der Waals surface area contributed by atoms with E-state index in [0.717, 1.165) is 11.2 Å². The third kappa shape index (κ3) is 1.38. The molecule has 0 bridgehead atoms. The predicted molar refractivity (Wildman–Crippen MR) is 53.8 cm³/mol. The van der Waals surface area contributed by atoms with Crippen molar-refractivity contribution in [1.29, 1.82) is 0 Å². The molecule has 60 valence electrons. The molecule has 1 aromatic heterocycles. The van der Waals surface area contributed by atoms with Crippen LogP contribution >= 0.6 is 27.3 Å². The van der Waals surface area contributed by atoms with Crippen molar-refractivity contribution in [3.05, 3.63) is 21.9 Å². The summed E-state index contributed by atoms with van der Waals surface area (Å²) in [4.78, 5) is 1.63. The first-order valence-corrected chi connectivity index (χ1v) is 6.04. The van der Waals surface area contributed by atoms with E-state index in [1.54, 1.807) is 10.4 Å². The minimum absolute atomic E-state index is 0.796. The van der Waals surface area contributed by atoms with Crippen LogP contribution in [0.15, 0.2) is 11.4 Å². The highest BCUT2D eigenvalue weighted by Crippen LogP contribution is 2.35. The van der Waals surface area contributed by atoms with Gasteiger partial charge in [-0.3, -0.25) is 0 Å². The molecule has 1 heterocycles. The van der Waals surface area contributed by atoms with Crippen molar-refractivity contribution < 1.29 is 0 Å². The number of hydrogen-bond acceptors (Lipinski definition) is 1. The van der Waals surface area contributed by atoms with Crippen LogP contribution in [-0.2, 0) is 6.42 Å². The van der Waals surface area contributed by atoms with Crippen LogP contribution in [0.3, 0.4) is 0 Å². The molecule has 2 heteroatoms. The molecule has 11 heavy (non-hydrogen) atoms. The summed E-state index contributed by atoms with van der Waals surface area (Å²) < 4.78 is 0. The molecule has 0 aliphatic heterocycles. The summed E-state index contributed by atoms with van der Waals surface area (Å²) in [5.74, 6) is 0.796. The lowest BCUT2D eigenvalue weighted by Gasteiger charge is -2.19. The summed E-state index contributed by atoms with van der Waals surface area (Å²) in [6.45, 7) is 0. The monoisotopic (exact) mass is 230 g/mol. The van der Waals surface area contributed by atoms with Crippen molar-refractivity contribution in [3.8, 4) is 0 Å². The Bertz CT molecular complexity index is 241. The van der Waals surface area contributed by atoms with E-state index in [9.17, 15) is 0 Å². The van der Waals surface area contributed by atoms with Crippen LogP contribution in [0.4, 0.5) is 0 Å². The quantitative estimate of drug-likeness (QED) is 0.648. The molecule has 2 rings (SSSR count). The predicted octanol–water partition coefficient (Wildman–Crippen LogP) is 3.56. The van der Waals surface area contributed by atoms with Crippen molar-refractivity contribution in [2.24, 2.45) is 0 Å². The van der Waals surface area contributed by atoms with Crippen LogP contribution < -0.4 is 0 Å². The molecule has 1 atom stereocenters. The van der Waals surface area contributed by atoms with E-state index < -0.39 is 0 Å². The van der Waals surface area contributed by atoms with Gasteiger partial charge in [-0.15, -0.1) is 11.3 Å². The van der Waals surface area contributed by atoms with Gasteiger partial charge in [0.15, 0.2) is 0 Å². The Balaban J connectivity index is 2.32. The smallest absolute Gasteiger partial charge is 0.0101 e. The zero-order valence-electron chi connectivity index (χ0n) is 6.35. The molecule has 0 spiro atoms. The molecule has 0 N–H and O–H groups in total. The Morgan fingerprint density at radius 3 is 3.36 bits per heavy atom. The normalized spacial score (nSPS) is 23.2. The summed E-state index contributed by atoms with van der Waals surface area (Å²) in [5, 5.41) is 3.36. The highest BCUT2D eigenvalue weighted by atomic mass is 79.9. The number of thiophene rings is 1. The minimum atomic E-state index is 0.796. The molecule has 1 aromatic rings. The standard InChI is InChI=1S/C9H11BrS/c10-6-7-2-1-3-9-8(7)4-5-11-9/h4-5,7H,1-3,6H2. The average molecular weight is 231 g/mol. The molecule has 0 saturated carbocycles. The third-order valence-electron chi connectivity index (χ3n) is 2.36. The molecule has 0 radical (unpaired) electrons. The van der Waals surface area contributed by atoms with E-state index in [2.05, 4.69) is 27.4 Å². The lowest BCUT2D eigenvalue weighted by Crippen LogP contribution is -2.07. The second kappa shape index (κ2) is 3.28. The molecule has 0 nitrogen and oxygen atoms in total. The van der Waals surface area contributed by atoms with Crippen molar-refractivity contribution in [1.82, 2.24) is 0 Å². The van der Waals surface area contributed by atoms with Crippen LogP contribution in [0, 0.1) is 0 Å². The van der Waals surface area contributed by atoms with Crippen LogP contribution in [0.2, 0.25) is 0 Å². The Kier molecular flexibility index (Phi) is 2.33. The van der Waals surface area contributed by atoms with E-state index in [-0.39, 0.29) is 0 Å². The SMILES string of the molecule is BrCC1CCCc2sccc21. The summed E-state index contributed by atoms with van der Waals surface area (Å²) >= 11 is 5.49. The van der Waals surface area contributed by atoms with E-state index in [4.69, 9.17) is 0 Å². The van der Waals surface area contributed by atoms with Crippen LogP contribution in [-0.4, -0.2) is 5.33 Å².